The van der Waals surface area contributed by atoms with E-state index >= 15 is 0 Å². The molecule has 0 radical (unpaired) electrons. The van der Waals surface area contributed by atoms with Crippen LogP contribution in [0, 0.1) is 12.7 Å². The van der Waals surface area contributed by atoms with Crippen LogP contribution in [0.25, 0.3) is 0 Å². The first kappa shape index (κ1) is 17.3. The molecule has 7 heteroatoms. The van der Waals surface area contributed by atoms with Gasteiger partial charge in [0.2, 0.25) is 5.95 Å². The zero-order valence-corrected chi connectivity index (χ0v) is 14.4. The predicted molar refractivity (Wildman–Crippen MR) is 99.6 cm³/mol. The molecule has 1 aromatic heterocycles. The van der Waals surface area contributed by atoms with E-state index in [1.807, 2.05) is 31.2 Å². The highest BCUT2D eigenvalue weighted by molar-refractivity contribution is 5.99. The van der Waals surface area contributed by atoms with E-state index in [1.54, 1.807) is 19.2 Å². The Bertz CT molecular complexity index is 927. The molecular formula is C19H18FN5O. The number of hydrogen-bond donors (Lipinski definition) is 3. The third kappa shape index (κ3) is 3.94. The summed E-state index contributed by atoms with van der Waals surface area (Å²) in [5.74, 6) is 0.0429. The van der Waals surface area contributed by atoms with Gasteiger partial charge in [0.1, 0.15) is 17.2 Å². The third-order valence-corrected chi connectivity index (χ3v) is 3.76. The van der Waals surface area contributed by atoms with E-state index in [9.17, 15) is 9.18 Å². The molecule has 26 heavy (non-hydrogen) atoms. The minimum atomic E-state index is -0.326. The zero-order chi connectivity index (χ0) is 18.5. The lowest BCUT2D eigenvalue weighted by Gasteiger charge is -2.13. The average Bonchev–Trinajstić information content (AvgIpc) is 2.65. The minimum Gasteiger partial charge on any atom is -0.355 e. The van der Waals surface area contributed by atoms with Crippen LogP contribution in [0.1, 0.15) is 15.9 Å². The topological polar surface area (TPSA) is 78.9 Å². The molecule has 3 N–H and O–H groups in total. The highest BCUT2D eigenvalue weighted by Gasteiger charge is 2.14. The Hall–Kier alpha value is -3.48. The SMILES string of the molecule is CNC(=O)c1cnc(Nc2ccc(F)cc2)nc1Nc1ccccc1C. The van der Waals surface area contributed by atoms with E-state index in [4.69, 9.17) is 0 Å². The summed E-state index contributed by atoms with van der Waals surface area (Å²) in [6.45, 7) is 1.96. The van der Waals surface area contributed by atoms with Crippen LogP contribution in [0.2, 0.25) is 0 Å². The summed E-state index contributed by atoms with van der Waals surface area (Å²) in [5, 5.41) is 8.75. The number of aromatic nitrogens is 2. The second-order valence-electron chi connectivity index (χ2n) is 5.61. The maximum Gasteiger partial charge on any atom is 0.256 e. The number of rotatable bonds is 5. The number of aryl methyl sites for hydroxylation is 1. The fourth-order valence-electron chi connectivity index (χ4n) is 2.34. The van der Waals surface area contributed by atoms with Gasteiger partial charge in [0.25, 0.3) is 5.91 Å². The number of anilines is 4. The van der Waals surface area contributed by atoms with E-state index in [2.05, 4.69) is 25.9 Å². The average molecular weight is 351 g/mol. The van der Waals surface area contributed by atoms with Crippen molar-refractivity contribution in [1.29, 1.82) is 0 Å². The molecule has 0 unspecified atom stereocenters. The van der Waals surface area contributed by atoms with E-state index in [0.717, 1.165) is 11.3 Å². The van der Waals surface area contributed by atoms with Gasteiger partial charge in [-0.15, -0.1) is 0 Å². The van der Waals surface area contributed by atoms with Gasteiger partial charge in [-0.25, -0.2) is 9.37 Å². The number of para-hydroxylation sites is 1. The number of carbonyl (C=O) groups is 1. The van der Waals surface area contributed by atoms with Crippen LogP contribution in [0.15, 0.2) is 54.7 Å². The van der Waals surface area contributed by atoms with E-state index < -0.39 is 0 Å². The fourth-order valence-corrected chi connectivity index (χ4v) is 2.34. The highest BCUT2D eigenvalue weighted by atomic mass is 19.1. The molecule has 0 atom stereocenters. The third-order valence-electron chi connectivity index (χ3n) is 3.76. The molecule has 1 heterocycles. The molecule has 0 saturated carbocycles. The van der Waals surface area contributed by atoms with Gasteiger partial charge in [0, 0.05) is 24.6 Å². The number of nitrogens with one attached hydrogen (secondary N) is 3. The molecule has 3 rings (SSSR count). The van der Waals surface area contributed by atoms with E-state index in [-0.39, 0.29) is 11.7 Å². The lowest BCUT2D eigenvalue weighted by atomic mass is 10.2. The lowest BCUT2D eigenvalue weighted by Crippen LogP contribution is -2.20. The van der Waals surface area contributed by atoms with Crippen LogP contribution in [-0.2, 0) is 0 Å². The van der Waals surface area contributed by atoms with E-state index in [0.29, 0.717) is 23.0 Å². The molecular weight excluding hydrogens is 333 g/mol. The molecule has 3 aromatic rings. The zero-order valence-electron chi connectivity index (χ0n) is 14.4. The van der Waals surface area contributed by atoms with Gasteiger partial charge in [-0.1, -0.05) is 18.2 Å². The summed E-state index contributed by atoms with van der Waals surface area (Å²) in [7, 11) is 1.55. The Morgan fingerprint density at radius 3 is 2.46 bits per heavy atom. The summed E-state index contributed by atoms with van der Waals surface area (Å²) in [6, 6.07) is 13.5. The summed E-state index contributed by atoms with van der Waals surface area (Å²) in [5.41, 5.74) is 2.81. The Kier molecular flexibility index (Phi) is 5.07. The van der Waals surface area contributed by atoms with Crippen LogP contribution in [0.5, 0.6) is 0 Å². The van der Waals surface area contributed by atoms with Gasteiger partial charge >= 0.3 is 0 Å². The highest BCUT2D eigenvalue weighted by Crippen LogP contribution is 2.23. The van der Waals surface area contributed by atoms with Crippen LogP contribution in [0.4, 0.5) is 27.5 Å². The number of nitrogens with zero attached hydrogens (tertiary/aromatic N) is 2. The first-order valence-electron chi connectivity index (χ1n) is 8.01. The largest absolute Gasteiger partial charge is 0.355 e. The second kappa shape index (κ2) is 7.60. The second-order valence-corrected chi connectivity index (χ2v) is 5.61. The first-order valence-corrected chi connectivity index (χ1v) is 8.01. The Balaban J connectivity index is 1.94. The minimum absolute atomic E-state index is 0.292. The van der Waals surface area contributed by atoms with Crippen molar-refractivity contribution in [3.05, 3.63) is 71.7 Å². The molecule has 2 aromatic carbocycles. The standard InChI is InChI=1S/C19H18FN5O/c1-12-5-3-4-6-16(12)24-17-15(18(26)21-2)11-22-19(25-17)23-14-9-7-13(20)8-10-14/h3-11H,1-2H3,(H,21,26)(H2,22,23,24,25). The molecule has 0 aliphatic carbocycles. The van der Waals surface area contributed by atoms with Gasteiger partial charge in [-0.3, -0.25) is 4.79 Å². The van der Waals surface area contributed by atoms with Crippen molar-refractivity contribution in [2.45, 2.75) is 6.92 Å². The van der Waals surface area contributed by atoms with Crippen LogP contribution < -0.4 is 16.0 Å². The maximum atomic E-state index is 13.0. The van der Waals surface area contributed by atoms with Crippen LogP contribution in [0.3, 0.4) is 0 Å². The monoisotopic (exact) mass is 351 g/mol. The number of halogens is 1. The van der Waals surface area contributed by atoms with Crippen LogP contribution in [-0.4, -0.2) is 22.9 Å². The number of amides is 1. The molecule has 0 saturated heterocycles. The Labute approximate surface area is 150 Å². The molecule has 0 aliphatic rings. The molecule has 1 amide bonds. The fraction of sp³-hybridized carbons (Fsp3) is 0.105. The molecule has 0 fully saturated rings. The van der Waals surface area contributed by atoms with Crippen molar-refractivity contribution in [3.8, 4) is 0 Å². The molecule has 0 aliphatic heterocycles. The van der Waals surface area contributed by atoms with E-state index in [1.165, 1.54) is 18.3 Å². The van der Waals surface area contributed by atoms with Gasteiger partial charge in [-0.05, 0) is 42.8 Å². The van der Waals surface area contributed by atoms with Crippen molar-refractivity contribution in [2.24, 2.45) is 0 Å². The van der Waals surface area contributed by atoms with Gasteiger partial charge < -0.3 is 16.0 Å². The number of benzene rings is 2. The summed E-state index contributed by atoms with van der Waals surface area (Å²) in [6.07, 6.45) is 1.44. The van der Waals surface area contributed by atoms with Gasteiger partial charge in [-0.2, -0.15) is 4.98 Å². The summed E-state index contributed by atoms with van der Waals surface area (Å²) in [4.78, 5) is 20.7. The van der Waals surface area contributed by atoms with Crippen molar-refractivity contribution in [3.63, 3.8) is 0 Å². The van der Waals surface area contributed by atoms with Gasteiger partial charge in [0.05, 0.1) is 0 Å². The number of hydrogen-bond acceptors (Lipinski definition) is 5. The lowest BCUT2D eigenvalue weighted by molar-refractivity contribution is 0.0963. The quantitative estimate of drug-likeness (QED) is 0.652. The predicted octanol–water partition coefficient (Wildman–Crippen LogP) is 3.77. The molecule has 6 nitrogen and oxygen atoms in total. The Morgan fingerprint density at radius 2 is 1.77 bits per heavy atom. The summed E-state index contributed by atoms with van der Waals surface area (Å²) >= 11 is 0. The van der Waals surface area contributed by atoms with Crippen molar-refractivity contribution in [1.82, 2.24) is 15.3 Å². The smallest absolute Gasteiger partial charge is 0.256 e. The molecule has 0 bridgehead atoms. The van der Waals surface area contributed by atoms with Crippen molar-refractivity contribution >= 4 is 29.0 Å². The number of carbonyl (C=O) groups excluding carboxylic acids is 1. The molecule has 132 valence electrons. The maximum absolute atomic E-state index is 13.0. The van der Waals surface area contributed by atoms with Crippen LogP contribution >= 0.6 is 0 Å². The normalized spacial score (nSPS) is 10.3. The van der Waals surface area contributed by atoms with Crippen molar-refractivity contribution in [2.75, 3.05) is 17.7 Å². The van der Waals surface area contributed by atoms with Crippen molar-refractivity contribution < 1.29 is 9.18 Å². The first-order chi connectivity index (χ1) is 12.6. The van der Waals surface area contributed by atoms with Gasteiger partial charge in [0.15, 0.2) is 0 Å². The summed E-state index contributed by atoms with van der Waals surface area (Å²) < 4.78 is 13.0. The molecule has 0 spiro atoms. The Morgan fingerprint density at radius 1 is 1.04 bits per heavy atom.